The molecule has 0 saturated heterocycles. The molecule has 2 nitrogen and oxygen atoms in total. The summed E-state index contributed by atoms with van der Waals surface area (Å²) >= 11 is 0. The number of hydrogen-bond donors (Lipinski definition) is 1. The Hall–Kier alpha value is -0.0800. The molecule has 1 rings (SSSR count). The first kappa shape index (κ1) is 13.0. The highest BCUT2D eigenvalue weighted by atomic mass is 16.5. The van der Waals surface area contributed by atoms with Gasteiger partial charge in [-0.1, -0.05) is 27.7 Å². The smallest absolute Gasteiger partial charge is 0.0591 e. The summed E-state index contributed by atoms with van der Waals surface area (Å²) in [5.41, 5.74) is 0.623. The molecular formula is C13H27NO. The maximum atomic E-state index is 5.53. The van der Waals surface area contributed by atoms with Gasteiger partial charge in [0.15, 0.2) is 0 Å². The van der Waals surface area contributed by atoms with E-state index in [9.17, 15) is 0 Å². The number of ether oxygens (including phenoxy) is 1. The molecule has 0 atom stereocenters. The molecular weight excluding hydrogens is 186 g/mol. The van der Waals surface area contributed by atoms with E-state index in [2.05, 4.69) is 33.0 Å². The predicted octanol–water partition coefficient (Wildman–Crippen LogP) is 2.68. The lowest BCUT2D eigenvalue weighted by Crippen LogP contribution is -2.30. The summed E-state index contributed by atoms with van der Waals surface area (Å²) in [5.74, 6) is 1.47. The van der Waals surface area contributed by atoms with Gasteiger partial charge in [-0.3, -0.25) is 0 Å². The molecule has 1 saturated carbocycles. The van der Waals surface area contributed by atoms with E-state index in [0.717, 1.165) is 25.7 Å². The van der Waals surface area contributed by atoms with Crippen LogP contribution < -0.4 is 5.32 Å². The maximum absolute atomic E-state index is 5.53. The summed E-state index contributed by atoms with van der Waals surface area (Å²) in [7, 11) is 0. The van der Waals surface area contributed by atoms with E-state index in [1.54, 1.807) is 0 Å². The molecule has 0 amide bonds. The molecule has 15 heavy (non-hydrogen) atoms. The second-order valence-electron chi connectivity index (χ2n) is 5.66. The molecule has 0 unspecified atom stereocenters. The summed E-state index contributed by atoms with van der Waals surface area (Å²) in [5, 5.41) is 3.52. The largest absolute Gasteiger partial charge is 0.380 e. The van der Waals surface area contributed by atoms with E-state index in [1.807, 2.05) is 0 Å². The van der Waals surface area contributed by atoms with Gasteiger partial charge in [0.1, 0.15) is 0 Å². The van der Waals surface area contributed by atoms with Gasteiger partial charge in [-0.05, 0) is 30.1 Å². The highest BCUT2D eigenvalue weighted by Crippen LogP contribution is 2.51. The summed E-state index contributed by atoms with van der Waals surface area (Å²) in [6, 6.07) is 0. The monoisotopic (exact) mass is 213 g/mol. The van der Waals surface area contributed by atoms with E-state index in [4.69, 9.17) is 4.74 Å². The third-order valence-electron chi connectivity index (χ3n) is 3.47. The second-order valence-corrected chi connectivity index (χ2v) is 5.66. The maximum Gasteiger partial charge on any atom is 0.0591 e. The molecule has 1 fully saturated rings. The van der Waals surface area contributed by atoms with Gasteiger partial charge in [-0.2, -0.15) is 0 Å². The summed E-state index contributed by atoms with van der Waals surface area (Å²) < 4.78 is 5.53. The Balaban J connectivity index is 1.93. The van der Waals surface area contributed by atoms with Crippen LogP contribution in [0.3, 0.4) is 0 Å². The third kappa shape index (κ3) is 4.52. The molecule has 0 aromatic heterocycles. The Labute approximate surface area is 94.8 Å². The Morgan fingerprint density at radius 1 is 1.20 bits per heavy atom. The van der Waals surface area contributed by atoms with Crippen LogP contribution in [0.25, 0.3) is 0 Å². The molecule has 1 N–H and O–H groups in total. The van der Waals surface area contributed by atoms with Crippen molar-refractivity contribution in [3.63, 3.8) is 0 Å². The van der Waals surface area contributed by atoms with Gasteiger partial charge in [0.25, 0.3) is 0 Å². The van der Waals surface area contributed by atoms with Crippen LogP contribution in [0.2, 0.25) is 0 Å². The molecule has 0 aliphatic heterocycles. The van der Waals surface area contributed by atoms with Crippen LogP contribution in [-0.2, 0) is 4.74 Å². The minimum Gasteiger partial charge on any atom is -0.380 e. The van der Waals surface area contributed by atoms with Crippen LogP contribution in [0.5, 0.6) is 0 Å². The van der Waals surface area contributed by atoms with E-state index >= 15 is 0 Å². The molecule has 1 aliphatic rings. The van der Waals surface area contributed by atoms with Crippen molar-refractivity contribution >= 4 is 0 Å². The molecule has 90 valence electrons. The molecule has 2 heteroatoms. The Bertz CT molecular complexity index is 173. The number of hydrogen-bond acceptors (Lipinski definition) is 2. The fourth-order valence-electron chi connectivity index (χ4n) is 1.92. The van der Waals surface area contributed by atoms with Crippen LogP contribution in [0, 0.1) is 17.3 Å². The summed E-state index contributed by atoms with van der Waals surface area (Å²) in [4.78, 5) is 0. The predicted molar refractivity (Wildman–Crippen MR) is 65.0 cm³/mol. The molecule has 0 radical (unpaired) electrons. The van der Waals surface area contributed by atoms with Gasteiger partial charge < -0.3 is 10.1 Å². The lowest BCUT2D eigenvalue weighted by atomic mass is 9.92. The van der Waals surface area contributed by atoms with Crippen molar-refractivity contribution in [2.24, 2.45) is 17.3 Å². The topological polar surface area (TPSA) is 21.3 Å². The van der Waals surface area contributed by atoms with Crippen molar-refractivity contribution < 1.29 is 4.74 Å². The van der Waals surface area contributed by atoms with Gasteiger partial charge in [-0.15, -0.1) is 0 Å². The highest BCUT2D eigenvalue weighted by molar-refractivity contribution is 4.96. The zero-order valence-electron chi connectivity index (χ0n) is 10.8. The van der Waals surface area contributed by atoms with Gasteiger partial charge in [0.2, 0.25) is 0 Å². The molecule has 0 heterocycles. The summed E-state index contributed by atoms with van der Waals surface area (Å²) in [6.07, 6.45) is 2.81. The fourth-order valence-corrected chi connectivity index (χ4v) is 1.92. The standard InChI is InChI=1S/C13H27NO/c1-11(2)9-15-8-7-14-10-13(5-6-13)12(3)4/h11-12,14H,5-10H2,1-4H3. The van der Waals surface area contributed by atoms with Gasteiger partial charge in [-0.25, -0.2) is 0 Å². The summed E-state index contributed by atoms with van der Waals surface area (Å²) in [6.45, 7) is 13.0. The zero-order chi connectivity index (χ0) is 11.3. The molecule has 0 aromatic carbocycles. The first-order chi connectivity index (χ1) is 7.07. The number of rotatable bonds is 8. The quantitative estimate of drug-likeness (QED) is 0.626. The molecule has 0 spiro atoms. The Morgan fingerprint density at radius 3 is 2.33 bits per heavy atom. The third-order valence-corrected chi connectivity index (χ3v) is 3.47. The van der Waals surface area contributed by atoms with E-state index in [-0.39, 0.29) is 0 Å². The lowest BCUT2D eigenvalue weighted by molar-refractivity contribution is 0.110. The first-order valence-electron chi connectivity index (χ1n) is 6.35. The highest BCUT2D eigenvalue weighted by Gasteiger charge is 2.44. The van der Waals surface area contributed by atoms with Crippen LogP contribution in [-0.4, -0.2) is 26.3 Å². The van der Waals surface area contributed by atoms with Crippen LogP contribution in [0.15, 0.2) is 0 Å². The van der Waals surface area contributed by atoms with Crippen LogP contribution in [0.1, 0.15) is 40.5 Å². The average Bonchev–Trinajstić information content (AvgIpc) is 2.91. The fraction of sp³-hybridized carbons (Fsp3) is 1.00. The van der Waals surface area contributed by atoms with Crippen molar-refractivity contribution in [3.8, 4) is 0 Å². The zero-order valence-corrected chi connectivity index (χ0v) is 10.8. The van der Waals surface area contributed by atoms with E-state index < -0.39 is 0 Å². The minimum atomic E-state index is 0.623. The average molecular weight is 213 g/mol. The number of nitrogens with one attached hydrogen (secondary N) is 1. The van der Waals surface area contributed by atoms with E-state index in [1.165, 1.54) is 19.4 Å². The van der Waals surface area contributed by atoms with Crippen molar-refractivity contribution in [3.05, 3.63) is 0 Å². The molecule has 1 aliphatic carbocycles. The first-order valence-corrected chi connectivity index (χ1v) is 6.35. The van der Waals surface area contributed by atoms with Gasteiger partial charge in [0, 0.05) is 19.7 Å². The van der Waals surface area contributed by atoms with E-state index in [0.29, 0.717) is 11.3 Å². The Kier molecular flexibility index (Phi) is 5.07. The SMILES string of the molecule is CC(C)COCCNCC1(C(C)C)CC1. The van der Waals surface area contributed by atoms with Gasteiger partial charge >= 0.3 is 0 Å². The normalized spacial score (nSPS) is 18.8. The molecule has 0 bridgehead atoms. The van der Waals surface area contributed by atoms with Crippen molar-refractivity contribution in [2.75, 3.05) is 26.3 Å². The lowest BCUT2D eigenvalue weighted by Gasteiger charge is -2.20. The van der Waals surface area contributed by atoms with Crippen molar-refractivity contribution in [1.29, 1.82) is 0 Å². The minimum absolute atomic E-state index is 0.623. The second kappa shape index (κ2) is 5.86. The van der Waals surface area contributed by atoms with Crippen LogP contribution >= 0.6 is 0 Å². The van der Waals surface area contributed by atoms with Crippen LogP contribution in [0.4, 0.5) is 0 Å². The van der Waals surface area contributed by atoms with Gasteiger partial charge in [0.05, 0.1) is 6.61 Å². The molecule has 0 aromatic rings. The van der Waals surface area contributed by atoms with Crippen molar-refractivity contribution in [2.45, 2.75) is 40.5 Å². The van der Waals surface area contributed by atoms with Crippen molar-refractivity contribution in [1.82, 2.24) is 5.32 Å². The Morgan fingerprint density at radius 2 is 1.87 bits per heavy atom.